The Morgan fingerprint density at radius 3 is 1.86 bits per heavy atom. The highest BCUT2D eigenvalue weighted by atomic mass is 35.5. The minimum atomic E-state index is -0.393. The van der Waals surface area contributed by atoms with E-state index in [2.05, 4.69) is 10.6 Å². The lowest BCUT2D eigenvalue weighted by molar-refractivity contribution is 0.100. The van der Waals surface area contributed by atoms with Crippen molar-refractivity contribution < 1.29 is 14.4 Å². The summed E-state index contributed by atoms with van der Waals surface area (Å²) in [6.45, 7) is 1.46. The molecule has 0 radical (unpaired) electrons. The van der Waals surface area contributed by atoms with Crippen molar-refractivity contribution in [3.8, 4) is 0 Å². The zero-order valence-corrected chi connectivity index (χ0v) is 15.8. The molecule has 0 unspecified atom stereocenters. The van der Waals surface area contributed by atoms with Crippen molar-refractivity contribution in [3.05, 3.63) is 94.5 Å². The molecule has 0 aliphatic carbocycles. The molecule has 0 saturated heterocycles. The van der Waals surface area contributed by atoms with Gasteiger partial charge in [-0.2, -0.15) is 0 Å². The van der Waals surface area contributed by atoms with Gasteiger partial charge in [0.05, 0.1) is 22.0 Å². The predicted octanol–water partition coefficient (Wildman–Crippen LogP) is 5.05. The summed E-state index contributed by atoms with van der Waals surface area (Å²) in [5, 5.41) is 5.90. The van der Waals surface area contributed by atoms with Gasteiger partial charge in [-0.1, -0.05) is 48.0 Å². The van der Waals surface area contributed by atoms with E-state index in [-0.39, 0.29) is 11.7 Å². The zero-order chi connectivity index (χ0) is 20.1. The van der Waals surface area contributed by atoms with E-state index in [1.54, 1.807) is 72.8 Å². The number of halogens is 1. The second-order valence-electron chi connectivity index (χ2n) is 6.07. The monoisotopic (exact) mass is 392 g/mol. The van der Waals surface area contributed by atoms with Crippen molar-refractivity contribution in [1.29, 1.82) is 0 Å². The minimum Gasteiger partial charge on any atom is -0.321 e. The molecular formula is C22H17ClN2O3. The van der Waals surface area contributed by atoms with Crippen LogP contribution in [-0.2, 0) is 0 Å². The molecule has 0 aliphatic rings. The molecule has 2 amide bonds. The van der Waals surface area contributed by atoms with E-state index in [1.165, 1.54) is 6.92 Å². The fourth-order valence-electron chi connectivity index (χ4n) is 2.59. The molecule has 6 heteroatoms. The summed E-state index contributed by atoms with van der Waals surface area (Å²) in [6, 6.07) is 19.9. The highest BCUT2D eigenvalue weighted by molar-refractivity contribution is 6.34. The number of rotatable bonds is 5. The summed E-state index contributed by atoms with van der Waals surface area (Å²) in [6.07, 6.45) is 0. The maximum Gasteiger partial charge on any atom is 0.257 e. The largest absolute Gasteiger partial charge is 0.321 e. The molecular weight excluding hydrogens is 376 g/mol. The molecule has 0 aliphatic heterocycles. The quantitative estimate of drug-likeness (QED) is 0.597. The Balaban J connectivity index is 1.80. The van der Waals surface area contributed by atoms with Crippen LogP contribution in [0.3, 0.4) is 0 Å². The molecule has 0 fully saturated rings. The van der Waals surface area contributed by atoms with E-state index < -0.39 is 5.91 Å². The van der Waals surface area contributed by atoms with Crippen molar-refractivity contribution in [2.45, 2.75) is 6.92 Å². The number of anilines is 2. The third kappa shape index (κ3) is 4.45. The standard InChI is InChI=1S/C22H17ClN2O3/c1-14(26)15-10-12-16(13-11-15)21(27)24-19-8-4-2-6-17(19)22(28)25-20-9-5-3-7-18(20)23/h2-13H,1H3,(H,24,27)(H,25,28). The van der Waals surface area contributed by atoms with Crippen LogP contribution < -0.4 is 10.6 Å². The average Bonchev–Trinajstić information content (AvgIpc) is 2.70. The number of benzene rings is 3. The molecule has 0 saturated carbocycles. The normalized spacial score (nSPS) is 10.2. The first kappa shape index (κ1) is 19.3. The molecule has 3 rings (SSSR count). The third-order valence-electron chi connectivity index (χ3n) is 4.10. The van der Waals surface area contributed by atoms with E-state index in [4.69, 9.17) is 11.6 Å². The molecule has 0 bridgehead atoms. The van der Waals surface area contributed by atoms with Crippen LogP contribution in [-0.4, -0.2) is 17.6 Å². The van der Waals surface area contributed by atoms with E-state index >= 15 is 0 Å². The van der Waals surface area contributed by atoms with E-state index in [9.17, 15) is 14.4 Å². The smallest absolute Gasteiger partial charge is 0.257 e. The van der Waals surface area contributed by atoms with E-state index in [0.29, 0.717) is 33.1 Å². The van der Waals surface area contributed by atoms with Crippen molar-refractivity contribution in [2.75, 3.05) is 10.6 Å². The highest BCUT2D eigenvalue weighted by Gasteiger charge is 2.15. The fourth-order valence-corrected chi connectivity index (χ4v) is 2.78. The van der Waals surface area contributed by atoms with Gasteiger partial charge in [0.2, 0.25) is 0 Å². The van der Waals surface area contributed by atoms with Crippen LogP contribution >= 0.6 is 11.6 Å². The Hall–Kier alpha value is -3.44. The van der Waals surface area contributed by atoms with Gasteiger partial charge in [-0.05, 0) is 43.3 Å². The van der Waals surface area contributed by atoms with Gasteiger partial charge in [0.1, 0.15) is 0 Å². The molecule has 0 atom stereocenters. The first-order valence-corrected chi connectivity index (χ1v) is 8.91. The first-order chi connectivity index (χ1) is 13.5. The maximum atomic E-state index is 12.7. The number of Topliss-reactive ketones (excluding diaryl/α,β-unsaturated/α-hetero) is 1. The van der Waals surface area contributed by atoms with Crippen LogP contribution in [0.1, 0.15) is 38.0 Å². The summed E-state index contributed by atoms with van der Waals surface area (Å²) in [5.74, 6) is -0.849. The number of amides is 2. The van der Waals surface area contributed by atoms with Gasteiger partial charge >= 0.3 is 0 Å². The Morgan fingerprint density at radius 2 is 1.21 bits per heavy atom. The summed E-state index contributed by atoms with van der Waals surface area (Å²) in [4.78, 5) is 36.6. The number of para-hydroxylation sites is 2. The molecule has 2 N–H and O–H groups in total. The van der Waals surface area contributed by atoms with Gasteiger partial charge in [-0.15, -0.1) is 0 Å². The molecule has 3 aromatic rings. The van der Waals surface area contributed by atoms with E-state index in [1.807, 2.05) is 0 Å². The van der Waals surface area contributed by atoms with Gasteiger partial charge in [0.15, 0.2) is 5.78 Å². The van der Waals surface area contributed by atoms with Crippen LogP contribution in [0.4, 0.5) is 11.4 Å². The Kier molecular flexibility index (Phi) is 5.87. The SMILES string of the molecule is CC(=O)c1ccc(C(=O)Nc2ccccc2C(=O)Nc2ccccc2Cl)cc1. The van der Waals surface area contributed by atoms with Gasteiger partial charge in [0.25, 0.3) is 11.8 Å². The number of carbonyl (C=O) groups excluding carboxylic acids is 3. The Morgan fingerprint density at radius 1 is 0.679 bits per heavy atom. The molecule has 28 heavy (non-hydrogen) atoms. The van der Waals surface area contributed by atoms with Crippen molar-refractivity contribution in [2.24, 2.45) is 0 Å². The molecule has 0 spiro atoms. The topological polar surface area (TPSA) is 75.3 Å². The summed E-state index contributed by atoms with van der Waals surface area (Å²) >= 11 is 6.09. The van der Waals surface area contributed by atoms with Gasteiger partial charge in [0, 0.05) is 11.1 Å². The van der Waals surface area contributed by atoms with Crippen molar-refractivity contribution >= 4 is 40.6 Å². The number of nitrogens with one attached hydrogen (secondary N) is 2. The minimum absolute atomic E-state index is 0.0754. The van der Waals surface area contributed by atoms with Crippen molar-refractivity contribution in [3.63, 3.8) is 0 Å². The van der Waals surface area contributed by atoms with Crippen LogP contribution in [0.2, 0.25) is 5.02 Å². The van der Waals surface area contributed by atoms with Crippen LogP contribution in [0, 0.1) is 0 Å². The molecule has 140 valence electrons. The highest BCUT2D eigenvalue weighted by Crippen LogP contribution is 2.23. The average molecular weight is 393 g/mol. The predicted molar refractivity (Wildman–Crippen MR) is 110 cm³/mol. The first-order valence-electron chi connectivity index (χ1n) is 8.53. The second kappa shape index (κ2) is 8.50. The zero-order valence-electron chi connectivity index (χ0n) is 15.0. The Labute approximate surface area is 167 Å². The summed E-state index contributed by atoms with van der Waals surface area (Å²) < 4.78 is 0. The molecule has 3 aromatic carbocycles. The van der Waals surface area contributed by atoms with Crippen LogP contribution in [0.25, 0.3) is 0 Å². The van der Waals surface area contributed by atoms with Crippen molar-refractivity contribution in [1.82, 2.24) is 0 Å². The lowest BCUT2D eigenvalue weighted by Crippen LogP contribution is -2.18. The molecule has 5 nitrogen and oxygen atoms in total. The molecule has 0 heterocycles. The Bertz CT molecular complexity index is 1050. The van der Waals surface area contributed by atoms with Gasteiger partial charge in [-0.25, -0.2) is 0 Å². The van der Waals surface area contributed by atoms with Crippen LogP contribution in [0.15, 0.2) is 72.8 Å². The number of hydrogen-bond donors (Lipinski definition) is 2. The lowest BCUT2D eigenvalue weighted by atomic mass is 10.1. The maximum absolute atomic E-state index is 12.7. The number of carbonyl (C=O) groups is 3. The van der Waals surface area contributed by atoms with Crippen LogP contribution in [0.5, 0.6) is 0 Å². The summed E-state index contributed by atoms with van der Waals surface area (Å²) in [5.41, 5.74) is 2.06. The van der Waals surface area contributed by atoms with E-state index in [0.717, 1.165) is 0 Å². The third-order valence-corrected chi connectivity index (χ3v) is 4.43. The second-order valence-corrected chi connectivity index (χ2v) is 6.47. The summed E-state index contributed by atoms with van der Waals surface area (Å²) in [7, 11) is 0. The number of ketones is 1. The number of hydrogen-bond acceptors (Lipinski definition) is 3. The van der Waals surface area contributed by atoms with Gasteiger partial charge in [-0.3, -0.25) is 14.4 Å². The fraction of sp³-hybridized carbons (Fsp3) is 0.0455. The molecule has 0 aromatic heterocycles. The van der Waals surface area contributed by atoms with Gasteiger partial charge < -0.3 is 10.6 Å². The lowest BCUT2D eigenvalue weighted by Gasteiger charge is -2.12.